The molecule has 0 spiro atoms. The van der Waals surface area contributed by atoms with Crippen LogP contribution in [0.1, 0.15) is 20.3 Å². The Labute approximate surface area is 120 Å². The van der Waals surface area contributed by atoms with Gasteiger partial charge in [0.25, 0.3) is 0 Å². The predicted octanol–water partition coefficient (Wildman–Crippen LogP) is 2.50. The van der Waals surface area contributed by atoms with Crippen LogP contribution in [0.4, 0.5) is 13.2 Å². The summed E-state index contributed by atoms with van der Waals surface area (Å²) in [5.41, 5.74) is 0.537. The van der Waals surface area contributed by atoms with Crippen molar-refractivity contribution in [1.82, 2.24) is 5.32 Å². The summed E-state index contributed by atoms with van der Waals surface area (Å²) in [6.45, 7) is 3.90. The number of allylic oxidation sites excluding steroid dienone is 2. The number of aliphatic hydroxyl groups excluding tert-OH is 1. The van der Waals surface area contributed by atoms with Crippen LogP contribution in [-0.4, -0.2) is 34.8 Å². The lowest BCUT2D eigenvalue weighted by molar-refractivity contribution is -0.102. The fourth-order valence-corrected chi connectivity index (χ4v) is 3.10. The van der Waals surface area contributed by atoms with E-state index in [1.165, 1.54) is 0 Å². The Morgan fingerprint density at radius 2 is 2.05 bits per heavy atom. The molecule has 6 heteroatoms. The second-order valence-electron chi connectivity index (χ2n) is 6.24. The minimum atomic E-state index is -4.44. The van der Waals surface area contributed by atoms with Crippen LogP contribution in [0.5, 0.6) is 0 Å². The van der Waals surface area contributed by atoms with Gasteiger partial charge in [-0.25, -0.2) is 0 Å². The highest BCUT2D eigenvalue weighted by Crippen LogP contribution is 2.41. The monoisotopic (exact) mass is 298 g/mol. The Bertz CT molecular complexity index is 584. The molecule has 0 bridgehead atoms. The number of hydrogen-bond acceptors (Lipinski definition) is 3. The smallest absolute Gasteiger partial charge is 0.375 e. The van der Waals surface area contributed by atoms with Gasteiger partial charge in [0.05, 0.1) is 5.54 Å². The summed E-state index contributed by atoms with van der Waals surface area (Å²) in [6, 6.07) is -0.480. The first-order valence-electron chi connectivity index (χ1n) is 6.89. The number of aliphatic hydroxyl groups is 1. The standard InChI is InChI=1S/C15H17F3N2O/c1-14(2)4-3-8-5-9-10(15(16,17)18)6-13(21)19-12(9)7-11(8)20-14/h3-6,9,12-13,19,21H,7H2,1-2H3. The molecule has 3 nitrogen and oxygen atoms in total. The van der Waals surface area contributed by atoms with Gasteiger partial charge in [-0.2, -0.15) is 13.2 Å². The second-order valence-corrected chi connectivity index (χ2v) is 6.24. The van der Waals surface area contributed by atoms with Crippen LogP contribution in [0.3, 0.4) is 0 Å². The number of rotatable bonds is 0. The van der Waals surface area contributed by atoms with Crippen LogP contribution < -0.4 is 5.32 Å². The van der Waals surface area contributed by atoms with Crippen LogP contribution in [0.2, 0.25) is 0 Å². The van der Waals surface area contributed by atoms with Crippen LogP contribution in [-0.2, 0) is 0 Å². The molecule has 0 radical (unpaired) electrons. The molecule has 0 fully saturated rings. The first-order chi connectivity index (χ1) is 9.66. The predicted molar refractivity (Wildman–Crippen MR) is 73.9 cm³/mol. The number of nitrogens with one attached hydrogen (secondary N) is 1. The van der Waals surface area contributed by atoms with Crippen molar-refractivity contribution in [3.8, 4) is 0 Å². The fourth-order valence-electron chi connectivity index (χ4n) is 3.10. The highest BCUT2D eigenvalue weighted by molar-refractivity contribution is 6.05. The van der Waals surface area contributed by atoms with Gasteiger partial charge >= 0.3 is 6.18 Å². The van der Waals surface area contributed by atoms with Gasteiger partial charge < -0.3 is 5.11 Å². The third-order valence-corrected chi connectivity index (χ3v) is 4.04. The molecule has 1 aliphatic carbocycles. The van der Waals surface area contributed by atoms with Crippen molar-refractivity contribution in [2.75, 3.05) is 0 Å². The van der Waals surface area contributed by atoms with E-state index < -0.39 is 29.9 Å². The number of dihydropyridines is 1. The molecule has 2 aliphatic heterocycles. The van der Waals surface area contributed by atoms with E-state index >= 15 is 0 Å². The second kappa shape index (κ2) is 4.55. The number of alkyl halides is 3. The number of fused-ring (bicyclic) bond motifs is 2. The molecule has 21 heavy (non-hydrogen) atoms. The van der Waals surface area contributed by atoms with E-state index in [1.54, 1.807) is 6.08 Å². The first-order valence-corrected chi connectivity index (χ1v) is 6.89. The van der Waals surface area contributed by atoms with E-state index in [-0.39, 0.29) is 5.54 Å². The van der Waals surface area contributed by atoms with E-state index in [1.807, 2.05) is 26.0 Å². The van der Waals surface area contributed by atoms with Gasteiger partial charge in [-0.3, -0.25) is 10.3 Å². The lowest BCUT2D eigenvalue weighted by Crippen LogP contribution is -2.51. The third-order valence-electron chi connectivity index (χ3n) is 4.04. The molecule has 0 aromatic rings. The average Bonchev–Trinajstić information content (AvgIpc) is 2.33. The van der Waals surface area contributed by atoms with Crippen molar-refractivity contribution in [1.29, 1.82) is 0 Å². The molecule has 3 aliphatic rings. The molecule has 0 saturated heterocycles. The van der Waals surface area contributed by atoms with Crippen molar-refractivity contribution in [2.24, 2.45) is 10.9 Å². The largest absolute Gasteiger partial charge is 0.413 e. The normalized spacial score (nSPS) is 34.4. The molecule has 0 saturated carbocycles. The van der Waals surface area contributed by atoms with Crippen LogP contribution in [0.25, 0.3) is 0 Å². The minimum absolute atomic E-state index is 0.338. The Balaban J connectivity index is 2.02. The van der Waals surface area contributed by atoms with Crippen molar-refractivity contribution in [3.63, 3.8) is 0 Å². The van der Waals surface area contributed by atoms with E-state index in [0.717, 1.165) is 17.4 Å². The van der Waals surface area contributed by atoms with Crippen LogP contribution in [0.15, 0.2) is 40.4 Å². The zero-order chi connectivity index (χ0) is 15.4. The topological polar surface area (TPSA) is 44.6 Å². The van der Waals surface area contributed by atoms with Gasteiger partial charge in [-0.1, -0.05) is 18.2 Å². The van der Waals surface area contributed by atoms with Crippen LogP contribution >= 0.6 is 0 Å². The van der Waals surface area contributed by atoms with Gasteiger partial charge in [0, 0.05) is 29.7 Å². The summed E-state index contributed by atoms with van der Waals surface area (Å²) in [5.74, 6) is -0.784. The van der Waals surface area contributed by atoms with Gasteiger partial charge in [0.2, 0.25) is 0 Å². The summed E-state index contributed by atoms with van der Waals surface area (Å²) >= 11 is 0. The molecular weight excluding hydrogens is 281 g/mol. The van der Waals surface area contributed by atoms with E-state index in [4.69, 9.17) is 0 Å². The summed E-state index contributed by atoms with van der Waals surface area (Å²) in [7, 11) is 0. The molecule has 0 aromatic heterocycles. The van der Waals surface area contributed by atoms with Crippen molar-refractivity contribution >= 4 is 5.71 Å². The van der Waals surface area contributed by atoms with E-state index in [9.17, 15) is 18.3 Å². The summed E-state index contributed by atoms with van der Waals surface area (Å²) in [5, 5.41) is 12.4. The Kier molecular flexibility index (Phi) is 3.15. The number of aliphatic imine (C=N–C) groups is 1. The molecular formula is C15H17F3N2O. The van der Waals surface area contributed by atoms with E-state index in [0.29, 0.717) is 6.42 Å². The Morgan fingerprint density at radius 1 is 1.33 bits per heavy atom. The molecule has 3 atom stereocenters. The fraction of sp³-hybridized carbons (Fsp3) is 0.533. The highest BCUT2D eigenvalue weighted by atomic mass is 19.4. The molecule has 2 N–H and O–H groups in total. The van der Waals surface area contributed by atoms with E-state index in [2.05, 4.69) is 10.3 Å². The Hall–Kier alpha value is -1.40. The first kappa shape index (κ1) is 14.5. The zero-order valence-corrected chi connectivity index (χ0v) is 11.8. The molecule has 2 heterocycles. The van der Waals surface area contributed by atoms with Gasteiger partial charge in [-0.15, -0.1) is 0 Å². The minimum Gasteiger partial charge on any atom is -0.375 e. The quantitative estimate of drug-likeness (QED) is 0.675. The summed E-state index contributed by atoms with van der Waals surface area (Å²) < 4.78 is 39.4. The zero-order valence-electron chi connectivity index (χ0n) is 11.8. The van der Waals surface area contributed by atoms with Crippen molar-refractivity contribution in [2.45, 2.75) is 44.3 Å². The van der Waals surface area contributed by atoms with Gasteiger partial charge in [0.15, 0.2) is 0 Å². The van der Waals surface area contributed by atoms with Crippen molar-refractivity contribution < 1.29 is 18.3 Å². The highest BCUT2D eigenvalue weighted by Gasteiger charge is 2.46. The Morgan fingerprint density at radius 3 is 2.71 bits per heavy atom. The molecule has 114 valence electrons. The third kappa shape index (κ3) is 2.70. The number of hydrogen-bond donors (Lipinski definition) is 2. The van der Waals surface area contributed by atoms with Gasteiger partial charge in [0.1, 0.15) is 6.23 Å². The molecule has 3 unspecified atom stereocenters. The summed E-state index contributed by atoms with van der Waals surface area (Å²) in [4.78, 5) is 4.58. The maximum atomic E-state index is 13.1. The number of nitrogens with zero attached hydrogens (tertiary/aromatic N) is 1. The maximum Gasteiger partial charge on any atom is 0.413 e. The molecule has 3 rings (SSSR count). The SMILES string of the molecule is CC1(C)C=CC2=CC3C(C(F)(F)F)=CC(O)NC3CC2=N1. The lowest BCUT2D eigenvalue weighted by Gasteiger charge is -2.39. The molecule has 0 aromatic carbocycles. The molecule has 0 amide bonds. The van der Waals surface area contributed by atoms with Gasteiger partial charge in [-0.05, 0) is 25.5 Å². The number of halogens is 3. The van der Waals surface area contributed by atoms with Crippen LogP contribution in [0, 0.1) is 5.92 Å². The van der Waals surface area contributed by atoms with Crippen molar-refractivity contribution in [3.05, 3.63) is 35.5 Å². The maximum absolute atomic E-state index is 13.1. The lowest BCUT2D eigenvalue weighted by atomic mass is 9.76. The average molecular weight is 298 g/mol. The summed E-state index contributed by atoms with van der Waals surface area (Å²) in [6.07, 6.45) is 0.880.